The molecule has 1 aromatic carbocycles. The van der Waals surface area contributed by atoms with E-state index < -0.39 is 0 Å². The number of rotatable bonds is 5. The smallest absolute Gasteiger partial charge is 0.0681 e. The molecule has 1 aromatic heterocycles. The van der Waals surface area contributed by atoms with Crippen molar-refractivity contribution in [3.63, 3.8) is 0 Å². The van der Waals surface area contributed by atoms with Crippen molar-refractivity contribution in [1.82, 2.24) is 9.88 Å². The maximum atomic E-state index is 8.99. The van der Waals surface area contributed by atoms with E-state index in [4.69, 9.17) is 5.11 Å². The highest BCUT2D eigenvalue weighted by atomic mass is 16.3. The van der Waals surface area contributed by atoms with E-state index in [1.807, 2.05) is 24.4 Å². The van der Waals surface area contributed by atoms with E-state index in [-0.39, 0.29) is 6.61 Å². The fraction of sp³-hybridized carbons (Fsp3) is 0.267. The Kier molecular flexibility index (Phi) is 4.45. The number of aliphatic hydroxyl groups is 1. The molecular formula is C15H18N2O. The molecule has 0 saturated heterocycles. The summed E-state index contributed by atoms with van der Waals surface area (Å²) in [6, 6.07) is 12.1. The second kappa shape index (κ2) is 6.28. The summed E-state index contributed by atoms with van der Waals surface area (Å²) in [7, 11) is 2.09. The van der Waals surface area contributed by atoms with Crippen molar-refractivity contribution in [3.8, 4) is 0 Å². The summed E-state index contributed by atoms with van der Waals surface area (Å²) in [4.78, 5) is 6.35. The van der Waals surface area contributed by atoms with Gasteiger partial charge in [-0.05, 0) is 29.8 Å². The van der Waals surface area contributed by atoms with Gasteiger partial charge in [-0.3, -0.25) is 9.88 Å². The largest absolute Gasteiger partial charge is 0.392 e. The van der Waals surface area contributed by atoms with Crippen molar-refractivity contribution in [2.75, 3.05) is 7.05 Å². The molecule has 0 saturated carbocycles. The Morgan fingerprint density at radius 3 is 2.28 bits per heavy atom. The van der Waals surface area contributed by atoms with E-state index in [0.29, 0.717) is 0 Å². The highest BCUT2D eigenvalue weighted by molar-refractivity contribution is 5.22. The number of hydrogen-bond donors (Lipinski definition) is 1. The lowest BCUT2D eigenvalue weighted by Crippen LogP contribution is -2.17. The van der Waals surface area contributed by atoms with Crippen LogP contribution in [0.25, 0.3) is 0 Å². The Balaban J connectivity index is 1.92. The first-order chi connectivity index (χ1) is 8.78. The number of aliphatic hydroxyl groups excluding tert-OH is 1. The summed E-state index contributed by atoms with van der Waals surface area (Å²) in [5, 5.41) is 8.99. The fourth-order valence-electron chi connectivity index (χ4n) is 1.92. The van der Waals surface area contributed by atoms with E-state index in [2.05, 4.69) is 35.1 Å². The zero-order valence-corrected chi connectivity index (χ0v) is 10.6. The van der Waals surface area contributed by atoms with E-state index in [1.165, 1.54) is 11.1 Å². The third-order valence-electron chi connectivity index (χ3n) is 2.83. The quantitative estimate of drug-likeness (QED) is 0.873. The van der Waals surface area contributed by atoms with Gasteiger partial charge in [0.1, 0.15) is 0 Å². The molecule has 0 atom stereocenters. The standard InChI is InChI=1S/C15H18N2O/c1-17(11-15-3-2-8-16-9-15)10-13-4-6-14(12-18)7-5-13/h2-9,18H,10-12H2,1H3. The molecule has 0 amide bonds. The van der Waals surface area contributed by atoms with Crippen molar-refractivity contribution < 1.29 is 5.11 Å². The van der Waals surface area contributed by atoms with Crippen molar-refractivity contribution in [1.29, 1.82) is 0 Å². The van der Waals surface area contributed by atoms with Gasteiger partial charge in [0, 0.05) is 25.5 Å². The predicted octanol–water partition coefficient (Wildman–Crippen LogP) is 2.21. The minimum atomic E-state index is 0.103. The second-order valence-electron chi connectivity index (χ2n) is 4.51. The second-order valence-corrected chi connectivity index (χ2v) is 4.51. The maximum absolute atomic E-state index is 8.99. The van der Waals surface area contributed by atoms with Gasteiger partial charge in [0.05, 0.1) is 6.61 Å². The van der Waals surface area contributed by atoms with Crippen molar-refractivity contribution in [3.05, 3.63) is 65.5 Å². The zero-order valence-electron chi connectivity index (χ0n) is 10.6. The first-order valence-electron chi connectivity index (χ1n) is 6.04. The first kappa shape index (κ1) is 12.7. The summed E-state index contributed by atoms with van der Waals surface area (Å²) < 4.78 is 0. The molecular weight excluding hydrogens is 224 g/mol. The van der Waals surface area contributed by atoms with Gasteiger partial charge in [0.2, 0.25) is 0 Å². The lowest BCUT2D eigenvalue weighted by Gasteiger charge is -2.16. The van der Waals surface area contributed by atoms with Crippen LogP contribution in [0.1, 0.15) is 16.7 Å². The molecule has 0 fully saturated rings. The predicted molar refractivity (Wildman–Crippen MR) is 71.8 cm³/mol. The third-order valence-corrected chi connectivity index (χ3v) is 2.83. The van der Waals surface area contributed by atoms with E-state index >= 15 is 0 Å². The van der Waals surface area contributed by atoms with Crippen LogP contribution in [0.3, 0.4) is 0 Å². The SMILES string of the molecule is CN(Cc1ccc(CO)cc1)Cc1cccnc1. The van der Waals surface area contributed by atoms with Crippen LogP contribution < -0.4 is 0 Å². The van der Waals surface area contributed by atoms with Crippen LogP contribution in [-0.2, 0) is 19.7 Å². The molecule has 0 unspecified atom stereocenters. The van der Waals surface area contributed by atoms with Gasteiger partial charge in [0.15, 0.2) is 0 Å². The highest BCUT2D eigenvalue weighted by Crippen LogP contribution is 2.09. The van der Waals surface area contributed by atoms with Gasteiger partial charge in [-0.25, -0.2) is 0 Å². The summed E-state index contributed by atoms with van der Waals surface area (Å²) in [5.41, 5.74) is 3.42. The van der Waals surface area contributed by atoms with E-state index in [1.54, 1.807) is 6.20 Å². The molecule has 2 aromatic rings. The van der Waals surface area contributed by atoms with Crippen LogP contribution in [0.4, 0.5) is 0 Å². The van der Waals surface area contributed by atoms with Gasteiger partial charge < -0.3 is 5.11 Å². The molecule has 3 nitrogen and oxygen atoms in total. The average Bonchev–Trinajstić information content (AvgIpc) is 2.40. The summed E-state index contributed by atoms with van der Waals surface area (Å²) >= 11 is 0. The Labute approximate surface area is 108 Å². The normalized spacial score (nSPS) is 10.8. The van der Waals surface area contributed by atoms with Crippen LogP contribution in [0.2, 0.25) is 0 Å². The molecule has 0 spiro atoms. The Morgan fingerprint density at radius 2 is 1.67 bits per heavy atom. The fourth-order valence-corrected chi connectivity index (χ4v) is 1.92. The van der Waals surface area contributed by atoms with Crippen molar-refractivity contribution >= 4 is 0 Å². The van der Waals surface area contributed by atoms with Gasteiger partial charge >= 0.3 is 0 Å². The van der Waals surface area contributed by atoms with Crippen LogP contribution in [0.5, 0.6) is 0 Å². The molecule has 3 heteroatoms. The monoisotopic (exact) mass is 242 g/mol. The van der Waals surface area contributed by atoms with Crippen molar-refractivity contribution in [2.24, 2.45) is 0 Å². The van der Waals surface area contributed by atoms with Crippen molar-refractivity contribution in [2.45, 2.75) is 19.7 Å². The van der Waals surface area contributed by atoms with E-state index in [0.717, 1.165) is 18.7 Å². The summed E-state index contributed by atoms with van der Waals surface area (Å²) in [6.45, 7) is 1.88. The molecule has 0 aliphatic rings. The van der Waals surface area contributed by atoms with Crippen LogP contribution in [0, 0.1) is 0 Å². The molecule has 0 aliphatic heterocycles. The Hall–Kier alpha value is -1.71. The lowest BCUT2D eigenvalue weighted by molar-refractivity contribution is 0.281. The van der Waals surface area contributed by atoms with Crippen LogP contribution in [0.15, 0.2) is 48.8 Å². The van der Waals surface area contributed by atoms with E-state index in [9.17, 15) is 0 Å². The first-order valence-corrected chi connectivity index (χ1v) is 6.04. The number of nitrogens with zero attached hydrogens (tertiary/aromatic N) is 2. The van der Waals surface area contributed by atoms with Gasteiger partial charge in [-0.2, -0.15) is 0 Å². The number of pyridine rings is 1. The molecule has 0 radical (unpaired) electrons. The molecule has 2 rings (SSSR count). The number of benzene rings is 1. The molecule has 18 heavy (non-hydrogen) atoms. The Bertz CT molecular complexity index is 468. The van der Waals surface area contributed by atoms with Gasteiger partial charge in [-0.1, -0.05) is 30.3 Å². The summed E-state index contributed by atoms with van der Waals surface area (Å²) in [6.07, 6.45) is 3.68. The number of aromatic nitrogens is 1. The summed E-state index contributed by atoms with van der Waals surface area (Å²) in [5.74, 6) is 0. The average molecular weight is 242 g/mol. The molecule has 0 aliphatic carbocycles. The molecule has 0 bridgehead atoms. The lowest BCUT2D eigenvalue weighted by atomic mass is 10.1. The molecule has 1 N–H and O–H groups in total. The highest BCUT2D eigenvalue weighted by Gasteiger charge is 2.02. The van der Waals surface area contributed by atoms with Gasteiger partial charge in [0.25, 0.3) is 0 Å². The number of hydrogen-bond acceptors (Lipinski definition) is 3. The molecule has 1 heterocycles. The Morgan fingerprint density at radius 1 is 1.00 bits per heavy atom. The maximum Gasteiger partial charge on any atom is 0.0681 e. The minimum absolute atomic E-state index is 0.103. The van der Waals surface area contributed by atoms with Crippen LogP contribution >= 0.6 is 0 Å². The minimum Gasteiger partial charge on any atom is -0.392 e. The zero-order chi connectivity index (χ0) is 12.8. The molecule has 94 valence electrons. The van der Waals surface area contributed by atoms with Gasteiger partial charge in [-0.15, -0.1) is 0 Å². The van der Waals surface area contributed by atoms with Crippen LogP contribution in [-0.4, -0.2) is 22.0 Å². The third kappa shape index (κ3) is 3.65. The topological polar surface area (TPSA) is 36.4 Å².